The highest BCUT2D eigenvalue weighted by atomic mass is 35.5. The Kier molecular flexibility index (Phi) is 6.32. The van der Waals surface area contributed by atoms with Crippen molar-refractivity contribution in [1.82, 2.24) is 15.5 Å². The normalized spacial score (nSPS) is 22.3. The summed E-state index contributed by atoms with van der Waals surface area (Å²) in [5.41, 5.74) is 0.832. The van der Waals surface area contributed by atoms with E-state index in [1.165, 1.54) is 0 Å². The number of ether oxygens (including phenoxy) is 2. The third-order valence-corrected chi connectivity index (χ3v) is 5.72. The van der Waals surface area contributed by atoms with E-state index in [4.69, 9.17) is 25.5 Å². The fourth-order valence-corrected chi connectivity index (χ4v) is 3.70. The van der Waals surface area contributed by atoms with Crippen molar-refractivity contribution in [3.05, 3.63) is 29.3 Å². The van der Waals surface area contributed by atoms with E-state index in [1.54, 1.807) is 19.2 Å². The lowest BCUT2D eigenvalue weighted by atomic mass is 9.92. The number of amides is 1. The zero-order chi connectivity index (χ0) is 20.2. The van der Waals surface area contributed by atoms with Gasteiger partial charge in [-0.25, -0.2) is 0 Å². The van der Waals surface area contributed by atoms with Gasteiger partial charge in [0.05, 0.1) is 12.2 Å². The molecule has 2 fully saturated rings. The highest BCUT2D eigenvalue weighted by molar-refractivity contribution is 6.30. The number of carbonyl (C=O) groups is 1. The lowest BCUT2D eigenvalue weighted by Gasteiger charge is -2.34. The summed E-state index contributed by atoms with van der Waals surface area (Å²) >= 11 is 5.92. The molecular weight excluding hydrogens is 396 g/mol. The van der Waals surface area contributed by atoms with Crippen LogP contribution in [0.4, 0.5) is 6.01 Å². The van der Waals surface area contributed by atoms with Gasteiger partial charge >= 0.3 is 6.01 Å². The van der Waals surface area contributed by atoms with Gasteiger partial charge in [-0.2, -0.15) is 0 Å². The molecule has 0 spiro atoms. The van der Waals surface area contributed by atoms with Crippen LogP contribution < -0.4 is 10.2 Å². The average molecular weight is 421 g/mol. The number of anilines is 1. The van der Waals surface area contributed by atoms with Gasteiger partial charge < -0.3 is 24.1 Å². The number of halogens is 1. The monoisotopic (exact) mass is 420 g/mol. The van der Waals surface area contributed by atoms with Gasteiger partial charge in [0.2, 0.25) is 11.8 Å². The Balaban J connectivity index is 1.20. The highest BCUT2D eigenvalue weighted by Gasteiger charge is 2.30. The Bertz CT molecular complexity index is 814. The lowest BCUT2D eigenvalue weighted by molar-refractivity contribution is -0.136. The van der Waals surface area contributed by atoms with Crippen molar-refractivity contribution < 1.29 is 18.7 Å². The molecule has 2 aromatic rings. The first kappa shape index (κ1) is 20.1. The fraction of sp³-hybridized carbons (Fsp3) is 0.550. The molecule has 1 aromatic carbocycles. The number of nitrogens with zero attached hydrogens (tertiary/aromatic N) is 3. The molecule has 0 radical (unpaired) electrons. The second-order valence-electron chi connectivity index (χ2n) is 7.49. The van der Waals surface area contributed by atoms with E-state index in [9.17, 15) is 4.79 Å². The summed E-state index contributed by atoms with van der Waals surface area (Å²) in [6, 6.07) is 7.92. The molecule has 1 aromatic heterocycles. The minimum absolute atomic E-state index is 0.0628. The molecule has 1 N–H and O–H groups in total. The Morgan fingerprint density at radius 1 is 1.21 bits per heavy atom. The van der Waals surface area contributed by atoms with E-state index >= 15 is 0 Å². The van der Waals surface area contributed by atoms with Crippen molar-refractivity contribution in [2.45, 2.75) is 43.9 Å². The molecule has 2 aliphatic rings. The number of aromatic nitrogens is 2. The van der Waals surface area contributed by atoms with Crippen molar-refractivity contribution in [1.29, 1.82) is 0 Å². The molecule has 1 saturated heterocycles. The van der Waals surface area contributed by atoms with Crippen LogP contribution in [0.2, 0.25) is 5.02 Å². The van der Waals surface area contributed by atoms with E-state index in [0.717, 1.165) is 44.3 Å². The Morgan fingerprint density at radius 2 is 1.93 bits per heavy atom. The second kappa shape index (κ2) is 9.11. The number of piperidine rings is 1. The Morgan fingerprint density at radius 3 is 2.62 bits per heavy atom. The number of carbonyl (C=O) groups excluding carboxylic acids is 1. The SMILES string of the molecule is COC1CC(OCC(=O)NC2CCN(c3nnc(-c4ccc(Cl)cc4)o3)CC2)C1. The van der Waals surface area contributed by atoms with Crippen molar-refractivity contribution in [3.63, 3.8) is 0 Å². The van der Waals surface area contributed by atoms with Crippen LogP contribution in [0, 0.1) is 0 Å². The first-order valence-electron chi connectivity index (χ1n) is 9.89. The van der Waals surface area contributed by atoms with E-state index in [0.29, 0.717) is 16.9 Å². The summed E-state index contributed by atoms with van der Waals surface area (Å²) in [5.74, 6) is 0.406. The van der Waals surface area contributed by atoms with Gasteiger partial charge in [0.1, 0.15) is 6.61 Å². The van der Waals surface area contributed by atoms with Crippen LogP contribution >= 0.6 is 11.6 Å². The number of nitrogens with one attached hydrogen (secondary N) is 1. The van der Waals surface area contributed by atoms with Crippen molar-refractivity contribution in [2.75, 3.05) is 31.7 Å². The van der Waals surface area contributed by atoms with Crippen LogP contribution in [0.15, 0.2) is 28.7 Å². The molecule has 4 rings (SSSR count). The molecule has 29 heavy (non-hydrogen) atoms. The first-order valence-corrected chi connectivity index (χ1v) is 10.3. The summed E-state index contributed by atoms with van der Waals surface area (Å²) < 4.78 is 16.6. The summed E-state index contributed by atoms with van der Waals surface area (Å²) in [5, 5.41) is 12.0. The zero-order valence-corrected chi connectivity index (χ0v) is 17.1. The third-order valence-electron chi connectivity index (χ3n) is 5.47. The predicted molar refractivity (Wildman–Crippen MR) is 108 cm³/mol. The van der Waals surface area contributed by atoms with Crippen molar-refractivity contribution in [2.24, 2.45) is 0 Å². The minimum atomic E-state index is -0.0628. The van der Waals surface area contributed by atoms with Crippen LogP contribution in [-0.4, -0.2) is 61.2 Å². The van der Waals surface area contributed by atoms with Gasteiger partial charge in [-0.05, 0) is 49.9 Å². The maximum absolute atomic E-state index is 12.1. The molecule has 1 amide bonds. The number of rotatable bonds is 7. The van der Waals surface area contributed by atoms with Gasteiger partial charge in [0.15, 0.2) is 0 Å². The van der Waals surface area contributed by atoms with E-state index in [1.807, 2.05) is 17.0 Å². The first-order chi connectivity index (χ1) is 14.1. The third kappa shape index (κ3) is 5.07. The summed E-state index contributed by atoms with van der Waals surface area (Å²) in [7, 11) is 1.70. The number of hydrogen-bond donors (Lipinski definition) is 1. The molecule has 9 heteroatoms. The van der Waals surface area contributed by atoms with Gasteiger partial charge in [0, 0.05) is 36.8 Å². The maximum atomic E-state index is 12.1. The van der Waals surface area contributed by atoms with Crippen LogP contribution in [-0.2, 0) is 14.3 Å². The molecule has 1 saturated carbocycles. The van der Waals surface area contributed by atoms with E-state index < -0.39 is 0 Å². The fourth-order valence-electron chi connectivity index (χ4n) is 3.58. The van der Waals surface area contributed by atoms with Crippen LogP contribution in [0.5, 0.6) is 0 Å². The Labute approximate surface area is 174 Å². The predicted octanol–water partition coefficient (Wildman–Crippen LogP) is 2.67. The maximum Gasteiger partial charge on any atom is 0.318 e. The van der Waals surface area contributed by atoms with Gasteiger partial charge in [0.25, 0.3) is 0 Å². The standard InChI is InChI=1S/C20H25ClN4O4/c1-27-16-10-17(11-16)28-12-18(26)22-15-6-8-25(9-7-15)20-24-23-19(29-20)13-2-4-14(21)5-3-13/h2-5,15-17H,6-12H2,1H3,(H,22,26). The molecular formula is C20H25ClN4O4. The molecule has 156 valence electrons. The van der Waals surface area contributed by atoms with E-state index in [-0.39, 0.29) is 30.8 Å². The number of benzene rings is 1. The van der Waals surface area contributed by atoms with Crippen LogP contribution in [0.1, 0.15) is 25.7 Å². The Hall–Kier alpha value is -2.16. The molecule has 8 nitrogen and oxygen atoms in total. The summed E-state index contributed by atoms with van der Waals surface area (Å²) in [4.78, 5) is 14.2. The average Bonchev–Trinajstić information content (AvgIpc) is 3.18. The molecule has 2 heterocycles. The summed E-state index contributed by atoms with van der Waals surface area (Å²) in [6.07, 6.45) is 3.78. The molecule has 0 unspecified atom stereocenters. The van der Waals surface area contributed by atoms with Crippen LogP contribution in [0.25, 0.3) is 11.5 Å². The summed E-state index contributed by atoms with van der Waals surface area (Å²) in [6.45, 7) is 1.59. The number of methoxy groups -OCH3 is 1. The zero-order valence-electron chi connectivity index (χ0n) is 16.3. The molecule has 0 bridgehead atoms. The topological polar surface area (TPSA) is 89.7 Å². The van der Waals surface area contributed by atoms with Gasteiger partial charge in [-0.1, -0.05) is 16.7 Å². The largest absolute Gasteiger partial charge is 0.403 e. The molecule has 1 aliphatic heterocycles. The smallest absolute Gasteiger partial charge is 0.318 e. The van der Waals surface area contributed by atoms with Gasteiger partial charge in [-0.15, -0.1) is 5.10 Å². The molecule has 0 atom stereocenters. The minimum Gasteiger partial charge on any atom is -0.403 e. The van der Waals surface area contributed by atoms with Crippen molar-refractivity contribution >= 4 is 23.5 Å². The second-order valence-corrected chi connectivity index (χ2v) is 7.92. The van der Waals surface area contributed by atoms with Crippen LogP contribution in [0.3, 0.4) is 0 Å². The lowest BCUT2D eigenvalue weighted by Crippen LogP contribution is -2.46. The quantitative estimate of drug-likeness (QED) is 0.736. The number of hydrogen-bond acceptors (Lipinski definition) is 7. The van der Waals surface area contributed by atoms with E-state index in [2.05, 4.69) is 15.5 Å². The van der Waals surface area contributed by atoms with Crippen molar-refractivity contribution in [3.8, 4) is 11.5 Å². The van der Waals surface area contributed by atoms with Gasteiger partial charge in [-0.3, -0.25) is 4.79 Å². The molecule has 1 aliphatic carbocycles. The highest BCUT2D eigenvalue weighted by Crippen LogP contribution is 2.26.